The molecule has 0 saturated carbocycles. The molecule has 17 heavy (non-hydrogen) atoms. The molecule has 1 heterocycles. The zero-order valence-electron chi connectivity index (χ0n) is 9.75. The van der Waals surface area contributed by atoms with Crippen molar-refractivity contribution < 1.29 is 33.3 Å². The molecule has 0 aliphatic carbocycles. The Morgan fingerprint density at radius 3 is 2.12 bits per heavy atom. The number of hydrogen-bond acceptors (Lipinski definition) is 6. The highest BCUT2D eigenvalue weighted by Crippen LogP contribution is 2.27. The van der Waals surface area contributed by atoms with Crippen molar-refractivity contribution in [3.8, 4) is 0 Å². The van der Waals surface area contributed by atoms with E-state index in [0.29, 0.717) is 0 Å². The first-order valence-corrected chi connectivity index (χ1v) is 5.15. The molecule has 1 fully saturated rings. The molecular weight excluding hydrogens is 235 g/mol. The Morgan fingerprint density at radius 2 is 1.65 bits per heavy atom. The number of rotatable bonds is 2. The van der Waals surface area contributed by atoms with Crippen LogP contribution in [0.25, 0.3) is 0 Å². The van der Waals surface area contributed by atoms with Gasteiger partial charge in [0.15, 0.2) is 24.7 Å². The molecule has 0 aromatic heterocycles. The minimum absolute atomic E-state index is 0.647. The summed E-state index contributed by atoms with van der Waals surface area (Å²) in [7, 11) is 0. The number of hydrogen-bond donors (Lipinski definition) is 1. The van der Waals surface area contributed by atoms with Crippen molar-refractivity contribution >= 4 is 11.9 Å². The lowest BCUT2D eigenvalue weighted by Crippen LogP contribution is -2.57. The van der Waals surface area contributed by atoms with Gasteiger partial charge in [-0.1, -0.05) is 0 Å². The normalized spacial score (nSPS) is 37.4. The van der Waals surface area contributed by atoms with Crippen LogP contribution in [0.1, 0.15) is 20.8 Å². The summed E-state index contributed by atoms with van der Waals surface area (Å²) < 4.78 is 28.0. The topological polar surface area (TPSA) is 82.1 Å². The van der Waals surface area contributed by atoms with Gasteiger partial charge in [0.05, 0.1) is 6.10 Å². The van der Waals surface area contributed by atoms with E-state index in [9.17, 15) is 19.1 Å². The lowest BCUT2D eigenvalue weighted by molar-refractivity contribution is -0.269. The van der Waals surface area contributed by atoms with Gasteiger partial charge in [-0.05, 0) is 6.92 Å². The molecule has 0 bridgehead atoms. The number of carbonyl (C=O) groups is 2. The largest absolute Gasteiger partial charge is 0.456 e. The van der Waals surface area contributed by atoms with Crippen LogP contribution in [0.4, 0.5) is 4.39 Å². The van der Waals surface area contributed by atoms with Crippen molar-refractivity contribution in [3.63, 3.8) is 0 Å². The Hall–Kier alpha value is -1.21. The number of halogens is 1. The summed E-state index contributed by atoms with van der Waals surface area (Å²) in [5.74, 6) is -1.37. The third kappa shape index (κ3) is 3.37. The zero-order chi connectivity index (χ0) is 13.2. The fraction of sp³-hybridized carbons (Fsp3) is 0.800. The van der Waals surface area contributed by atoms with Gasteiger partial charge in [0.1, 0.15) is 0 Å². The Bertz CT molecular complexity index is 307. The van der Waals surface area contributed by atoms with E-state index in [1.165, 1.54) is 6.92 Å². The fourth-order valence-corrected chi connectivity index (χ4v) is 1.66. The molecule has 0 spiro atoms. The van der Waals surface area contributed by atoms with E-state index in [0.717, 1.165) is 13.8 Å². The molecule has 98 valence electrons. The third-order valence-electron chi connectivity index (χ3n) is 2.33. The highest BCUT2D eigenvalue weighted by Gasteiger charge is 2.48. The molecule has 7 heteroatoms. The smallest absolute Gasteiger partial charge is 0.303 e. The average Bonchev–Trinajstić information content (AvgIpc) is 2.19. The lowest BCUT2D eigenvalue weighted by atomic mass is 10.0. The first-order valence-electron chi connectivity index (χ1n) is 5.15. The molecule has 0 aromatic rings. The highest BCUT2D eigenvalue weighted by atomic mass is 19.1. The predicted molar refractivity (Wildman–Crippen MR) is 52.6 cm³/mol. The number of aliphatic hydroxyl groups is 1. The third-order valence-corrected chi connectivity index (χ3v) is 2.33. The predicted octanol–water partition coefficient (Wildman–Crippen LogP) is -0.0750. The summed E-state index contributed by atoms with van der Waals surface area (Å²) in [5.41, 5.74) is 0. The van der Waals surface area contributed by atoms with Crippen molar-refractivity contribution in [1.82, 2.24) is 0 Å². The Balaban J connectivity index is 2.86. The molecule has 1 aliphatic rings. The minimum Gasteiger partial charge on any atom is -0.456 e. The molecule has 0 radical (unpaired) electrons. The van der Waals surface area contributed by atoms with Gasteiger partial charge in [-0.3, -0.25) is 9.59 Å². The molecule has 1 saturated heterocycles. The van der Waals surface area contributed by atoms with Crippen molar-refractivity contribution in [3.05, 3.63) is 0 Å². The summed E-state index contributed by atoms with van der Waals surface area (Å²) in [6.45, 7) is 3.74. The zero-order valence-corrected chi connectivity index (χ0v) is 9.75. The second-order valence-corrected chi connectivity index (χ2v) is 3.82. The van der Waals surface area contributed by atoms with Crippen LogP contribution in [-0.2, 0) is 23.8 Å². The van der Waals surface area contributed by atoms with E-state index in [1.54, 1.807) is 0 Å². The van der Waals surface area contributed by atoms with Gasteiger partial charge in [0.25, 0.3) is 0 Å². The van der Waals surface area contributed by atoms with E-state index in [4.69, 9.17) is 14.2 Å². The van der Waals surface area contributed by atoms with Gasteiger partial charge in [-0.25, -0.2) is 4.39 Å². The van der Waals surface area contributed by atoms with Crippen LogP contribution in [0, 0.1) is 0 Å². The molecule has 6 nitrogen and oxygen atoms in total. The average molecular weight is 250 g/mol. The molecule has 0 aromatic carbocycles. The second-order valence-electron chi connectivity index (χ2n) is 3.82. The van der Waals surface area contributed by atoms with E-state index in [1.807, 2.05) is 0 Å². The fourth-order valence-electron chi connectivity index (χ4n) is 1.66. The van der Waals surface area contributed by atoms with E-state index >= 15 is 0 Å². The number of carbonyl (C=O) groups excluding carboxylic acids is 2. The van der Waals surface area contributed by atoms with Crippen molar-refractivity contribution in [2.45, 2.75) is 51.5 Å². The minimum atomic E-state index is -1.96. The van der Waals surface area contributed by atoms with Gasteiger partial charge in [0.2, 0.25) is 0 Å². The molecular formula is C10H15FO6. The van der Waals surface area contributed by atoms with Gasteiger partial charge in [-0.2, -0.15) is 0 Å². The number of ether oxygens (including phenoxy) is 3. The van der Waals surface area contributed by atoms with Crippen LogP contribution < -0.4 is 0 Å². The van der Waals surface area contributed by atoms with Crippen LogP contribution in [0.5, 0.6) is 0 Å². The molecule has 0 amide bonds. The first-order chi connectivity index (χ1) is 7.82. The summed E-state index contributed by atoms with van der Waals surface area (Å²) in [6.07, 6.45) is -6.88. The van der Waals surface area contributed by atoms with E-state index in [2.05, 4.69) is 0 Å². The van der Waals surface area contributed by atoms with E-state index in [-0.39, 0.29) is 0 Å². The Kier molecular flexibility index (Phi) is 4.41. The Morgan fingerprint density at radius 1 is 1.18 bits per heavy atom. The van der Waals surface area contributed by atoms with Crippen molar-refractivity contribution in [1.29, 1.82) is 0 Å². The van der Waals surface area contributed by atoms with E-state index < -0.39 is 42.7 Å². The number of esters is 2. The maximum atomic E-state index is 13.6. The quantitative estimate of drug-likeness (QED) is 0.690. The van der Waals surface area contributed by atoms with Crippen LogP contribution >= 0.6 is 0 Å². The van der Waals surface area contributed by atoms with Crippen LogP contribution in [0.15, 0.2) is 0 Å². The monoisotopic (exact) mass is 250 g/mol. The van der Waals surface area contributed by atoms with Crippen molar-refractivity contribution in [2.24, 2.45) is 0 Å². The standard InChI is InChI=1S/C10H15FO6/c1-4-8(16-5(2)12)9(17-6(3)13)7(11)10(14)15-4/h4,7-10,14H,1-3H3/t4-,7?,8+,9?,10+/m0/s1. The van der Waals surface area contributed by atoms with Gasteiger partial charge >= 0.3 is 11.9 Å². The summed E-state index contributed by atoms with van der Waals surface area (Å²) >= 11 is 0. The van der Waals surface area contributed by atoms with Crippen LogP contribution in [-0.4, -0.2) is 47.8 Å². The van der Waals surface area contributed by atoms with Crippen molar-refractivity contribution in [2.75, 3.05) is 0 Å². The SMILES string of the molecule is CC(=O)OC1C(F)[C@H](O)O[C@@H](C)[C@H]1OC(C)=O. The van der Waals surface area contributed by atoms with Crippen LogP contribution in [0.2, 0.25) is 0 Å². The summed E-state index contributed by atoms with van der Waals surface area (Å²) in [4.78, 5) is 21.7. The molecule has 1 rings (SSSR count). The summed E-state index contributed by atoms with van der Waals surface area (Å²) in [5, 5.41) is 9.25. The van der Waals surface area contributed by atoms with Gasteiger partial charge < -0.3 is 19.3 Å². The highest BCUT2D eigenvalue weighted by molar-refractivity contribution is 5.67. The molecule has 1 aliphatic heterocycles. The second kappa shape index (κ2) is 5.42. The van der Waals surface area contributed by atoms with Crippen LogP contribution in [0.3, 0.4) is 0 Å². The molecule has 5 atom stereocenters. The van der Waals surface area contributed by atoms with Gasteiger partial charge in [0, 0.05) is 13.8 Å². The first kappa shape index (κ1) is 13.9. The van der Waals surface area contributed by atoms with Gasteiger partial charge in [-0.15, -0.1) is 0 Å². The summed E-state index contributed by atoms with van der Waals surface area (Å²) in [6, 6.07) is 0. The molecule has 1 N–H and O–H groups in total. The molecule has 2 unspecified atom stereocenters. The maximum absolute atomic E-state index is 13.6. The number of alkyl halides is 1. The Labute approximate surface area is 97.6 Å². The number of aliphatic hydroxyl groups excluding tert-OH is 1. The maximum Gasteiger partial charge on any atom is 0.303 e. The lowest BCUT2D eigenvalue weighted by Gasteiger charge is -2.39.